The van der Waals surface area contributed by atoms with Gasteiger partial charge in [0.1, 0.15) is 5.69 Å². The second kappa shape index (κ2) is 19.3. The number of benzene rings is 4. The second-order valence-electron chi connectivity index (χ2n) is 14.7. The number of rotatable bonds is 16. The van der Waals surface area contributed by atoms with Crippen LogP contribution >= 0.6 is 0 Å². The van der Waals surface area contributed by atoms with E-state index in [9.17, 15) is 73.6 Å². The van der Waals surface area contributed by atoms with Crippen LogP contribution in [0.2, 0.25) is 0 Å². The van der Waals surface area contributed by atoms with Gasteiger partial charge in [-0.05, 0) is 80.3 Å². The number of nitrogens with zero attached hydrogens (tertiary/aromatic N) is 8. The number of non-ortho nitro benzene ring substituents is 3. The minimum Gasteiger partial charge on any atom is -0.266 e. The first-order valence-corrected chi connectivity index (χ1v) is 25.3. The Balaban J connectivity index is 1.41. The van der Waals surface area contributed by atoms with Crippen molar-refractivity contribution in [3.63, 3.8) is 0 Å². The van der Waals surface area contributed by atoms with Crippen molar-refractivity contribution < 1.29 is 58.0 Å². The van der Waals surface area contributed by atoms with E-state index in [0.717, 1.165) is 79.0 Å². The van der Waals surface area contributed by atoms with Gasteiger partial charge >= 0.3 is 6.03 Å². The van der Waals surface area contributed by atoms with E-state index in [1.54, 1.807) is 6.92 Å². The number of carbonyl (C=O) groups excluding carboxylic acids is 2. The lowest BCUT2D eigenvalue weighted by molar-refractivity contribution is -0.385. The lowest BCUT2D eigenvalue weighted by Crippen LogP contribution is -2.54. The molecule has 0 N–H and O–H groups in total. The monoisotopic (exact) mass is 1000 g/mol. The minimum atomic E-state index is -5.70. The predicted octanol–water partition coefficient (Wildman–Crippen LogP) is 5.11. The number of nitro groups is 3. The summed E-state index contributed by atoms with van der Waals surface area (Å²) in [4.78, 5) is 64.8. The van der Waals surface area contributed by atoms with Gasteiger partial charge in [-0.25, -0.2) is 35.2 Å². The molecule has 6 rings (SSSR count). The number of carbonyl (C=O) groups is 2. The van der Waals surface area contributed by atoms with Crippen molar-refractivity contribution in [3.8, 4) is 0 Å². The molecule has 0 unspecified atom stereocenters. The Hall–Kier alpha value is -7.30. The smallest absolute Gasteiger partial charge is 0.266 e. The van der Waals surface area contributed by atoms with Crippen molar-refractivity contribution >= 4 is 69.1 Å². The number of aromatic nitrogens is 2. The van der Waals surface area contributed by atoms with E-state index in [2.05, 4.69) is 9.97 Å². The Bertz CT molecular complexity index is 3190. The zero-order chi connectivity index (χ0) is 49.1. The number of aryl methyl sites for hydroxylation is 1. The van der Waals surface area contributed by atoms with Gasteiger partial charge in [-0.15, -0.1) is 3.71 Å². The number of nitro benzene ring substituents is 3. The van der Waals surface area contributed by atoms with Crippen molar-refractivity contribution in [1.29, 1.82) is 0 Å². The van der Waals surface area contributed by atoms with Gasteiger partial charge in [-0.2, -0.15) is 16.8 Å². The Kier molecular flexibility index (Phi) is 14.1. The summed E-state index contributed by atoms with van der Waals surface area (Å²) in [5.41, 5.74) is -1.46. The summed E-state index contributed by atoms with van der Waals surface area (Å²) >= 11 is 0. The average Bonchev–Trinajstić information content (AvgIpc) is 3.29. The van der Waals surface area contributed by atoms with E-state index in [1.807, 2.05) is 0 Å². The molecule has 0 radical (unpaired) electrons. The second-order valence-corrected chi connectivity index (χ2v) is 22.1. The SMILES string of the molecule is Cc1cnc(C(=O)N(CCc2ccc(S(=O)(=O)N(C(=O)N(C3CCCCC3)S(=O)(=O)c3ccc([N+](=O)[O-])cc3)S(=O)(=O)c3ccc([N+](=O)[O-])cc3)cc2)S(=O)(=O)c2ccc([N+](=O)[O-])cc2)cn1. The minimum absolute atomic E-state index is 0.0337. The Morgan fingerprint density at radius 3 is 1.37 bits per heavy atom. The molecule has 0 spiro atoms. The fraction of sp³-hybridized carbons (Fsp3) is 0.231. The third-order valence-electron chi connectivity index (χ3n) is 10.3. The quantitative estimate of drug-likeness (QED) is 0.0915. The Morgan fingerprint density at radius 1 is 0.567 bits per heavy atom. The molecule has 1 saturated carbocycles. The van der Waals surface area contributed by atoms with Crippen LogP contribution in [-0.2, 0) is 46.5 Å². The highest BCUT2D eigenvalue weighted by molar-refractivity contribution is 8.05. The van der Waals surface area contributed by atoms with Crippen LogP contribution in [-0.4, -0.2) is 95.3 Å². The van der Waals surface area contributed by atoms with Gasteiger partial charge in [0.05, 0.1) is 52.3 Å². The molecule has 4 aromatic carbocycles. The summed E-state index contributed by atoms with van der Waals surface area (Å²) in [6.45, 7) is 0.920. The summed E-state index contributed by atoms with van der Waals surface area (Å²) in [6.07, 6.45) is 3.08. The number of urea groups is 1. The molecular formula is C39H36N8O16S4. The number of amides is 3. The van der Waals surface area contributed by atoms with Crippen molar-refractivity contribution in [2.45, 2.75) is 71.1 Å². The molecular weight excluding hydrogens is 965 g/mol. The molecule has 1 aromatic heterocycles. The number of hydrogen-bond donors (Lipinski definition) is 0. The van der Waals surface area contributed by atoms with Gasteiger partial charge in [-0.1, -0.05) is 31.4 Å². The summed E-state index contributed by atoms with van der Waals surface area (Å²) in [5, 5.41) is 34.0. The third kappa shape index (κ3) is 10.2. The topological polar surface area (TPSA) is 336 Å². The molecule has 1 heterocycles. The van der Waals surface area contributed by atoms with E-state index < -0.39 is 125 Å². The summed E-state index contributed by atoms with van der Waals surface area (Å²) < 4.78 is 115. The van der Waals surface area contributed by atoms with Crippen LogP contribution in [0.25, 0.3) is 0 Å². The van der Waals surface area contributed by atoms with Crippen molar-refractivity contribution in [3.05, 3.63) is 157 Å². The van der Waals surface area contributed by atoms with E-state index in [1.165, 1.54) is 6.20 Å². The fourth-order valence-electron chi connectivity index (χ4n) is 6.86. The molecule has 0 saturated heterocycles. The maximum atomic E-state index is 14.8. The summed E-state index contributed by atoms with van der Waals surface area (Å²) in [7, 11) is -21.4. The molecule has 0 aliphatic heterocycles. The lowest BCUT2D eigenvalue weighted by atomic mass is 9.96. The highest BCUT2D eigenvalue weighted by Gasteiger charge is 2.49. The molecule has 3 amide bonds. The van der Waals surface area contributed by atoms with Crippen LogP contribution in [0.5, 0.6) is 0 Å². The molecule has 1 aliphatic rings. The Morgan fingerprint density at radius 2 is 0.970 bits per heavy atom. The van der Waals surface area contributed by atoms with E-state index in [0.29, 0.717) is 53.5 Å². The van der Waals surface area contributed by atoms with Crippen LogP contribution < -0.4 is 0 Å². The van der Waals surface area contributed by atoms with Crippen LogP contribution in [0.1, 0.15) is 53.8 Å². The fourth-order valence-corrected chi connectivity index (χ4v) is 13.4. The molecule has 352 valence electrons. The van der Waals surface area contributed by atoms with Gasteiger partial charge in [0.15, 0.2) is 0 Å². The van der Waals surface area contributed by atoms with Crippen LogP contribution in [0.3, 0.4) is 0 Å². The Labute approximate surface area is 382 Å². The van der Waals surface area contributed by atoms with Gasteiger partial charge in [0.25, 0.3) is 63.1 Å². The predicted molar refractivity (Wildman–Crippen MR) is 232 cm³/mol. The van der Waals surface area contributed by atoms with Crippen LogP contribution in [0.4, 0.5) is 21.9 Å². The van der Waals surface area contributed by atoms with Crippen LogP contribution in [0.15, 0.2) is 129 Å². The molecule has 1 fully saturated rings. The largest absolute Gasteiger partial charge is 0.362 e. The molecule has 24 nitrogen and oxygen atoms in total. The van der Waals surface area contributed by atoms with E-state index >= 15 is 0 Å². The molecule has 67 heavy (non-hydrogen) atoms. The first-order valence-electron chi connectivity index (χ1n) is 19.5. The lowest BCUT2D eigenvalue weighted by Gasteiger charge is -2.36. The maximum Gasteiger partial charge on any atom is 0.362 e. The maximum absolute atomic E-state index is 14.8. The molecule has 28 heteroatoms. The molecule has 5 aromatic rings. The molecule has 0 bridgehead atoms. The van der Waals surface area contributed by atoms with E-state index in [4.69, 9.17) is 0 Å². The first-order chi connectivity index (χ1) is 31.5. The first kappa shape index (κ1) is 49.1. The highest BCUT2D eigenvalue weighted by Crippen LogP contribution is 2.34. The zero-order valence-electron chi connectivity index (χ0n) is 34.7. The zero-order valence-corrected chi connectivity index (χ0v) is 37.9. The van der Waals surface area contributed by atoms with Crippen molar-refractivity contribution in [2.24, 2.45) is 0 Å². The molecule has 0 atom stereocenters. The highest BCUT2D eigenvalue weighted by atomic mass is 32.3. The summed E-state index contributed by atoms with van der Waals surface area (Å²) in [5.74, 6) is -1.15. The average molecular weight is 1000 g/mol. The number of hydrogen-bond acceptors (Lipinski definition) is 18. The summed E-state index contributed by atoms with van der Waals surface area (Å²) in [6, 6.07) is 10.0. The third-order valence-corrected chi connectivity index (χ3v) is 18.1. The van der Waals surface area contributed by atoms with Crippen molar-refractivity contribution in [1.82, 2.24) is 22.3 Å². The number of sulfonamides is 4. The van der Waals surface area contributed by atoms with E-state index in [-0.39, 0.29) is 29.1 Å². The van der Waals surface area contributed by atoms with Gasteiger partial charge in [0.2, 0.25) is 0 Å². The van der Waals surface area contributed by atoms with Gasteiger partial charge in [0, 0.05) is 49.1 Å². The van der Waals surface area contributed by atoms with Gasteiger partial charge < -0.3 is 0 Å². The normalized spacial score (nSPS) is 13.6. The molecule has 1 aliphatic carbocycles. The van der Waals surface area contributed by atoms with Crippen molar-refractivity contribution in [2.75, 3.05) is 6.54 Å². The standard InChI is InChI=1S/C39H36N8O16S4/c1-27-25-41-37(26-40-27)38(48)42(64(56,57)33-17-9-30(10-18-33)44(50)51)24-23-28-7-15-35(16-8-28)66(60,61)47(67(62,63)36-21-13-32(14-22-36)46(54)55)39(49)43(29-5-3-2-4-6-29)65(58,59)34-19-11-31(12-20-34)45(52)53/h7-22,25-26,29H,2-6,23-24H2,1H3. The van der Waals surface area contributed by atoms with Crippen LogP contribution in [0, 0.1) is 37.3 Å². The van der Waals surface area contributed by atoms with Gasteiger partial charge in [-0.3, -0.25) is 40.1 Å².